The molecule has 1 saturated heterocycles. The molecule has 4 nitrogen and oxygen atoms in total. The Morgan fingerprint density at radius 3 is 2.56 bits per heavy atom. The van der Waals surface area contributed by atoms with Crippen LogP contribution in [0.5, 0.6) is 0 Å². The fraction of sp³-hybridized carbons (Fsp3) is 0.786. The molecular formula is C14H22N2O2. The topological polar surface area (TPSA) is 41.6 Å². The third-order valence-electron chi connectivity index (χ3n) is 3.58. The van der Waals surface area contributed by atoms with Gasteiger partial charge in [0.1, 0.15) is 6.61 Å². The summed E-state index contributed by atoms with van der Waals surface area (Å²) in [6.07, 6.45) is 5.08. The Labute approximate surface area is 109 Å². The molecule has 1 heterocycles. The van der Waals surface area contributed by atoms with Crippen LogP contribution < -0.4 is 5.32 Å². The molecule has 0 aromatic rings. The number of hydrogen-bond acceptors (Lipinski definition) is 3. The van der Waals surface area contributed by atoms with E-state index in [4.69, 9.17) is 11.2 Å². The van der Waals surface area contributed by atoms with Gasteiger partial charge in [0.2, 0.25) is 0 Å². The summed E-state index contributed by atoms with van der Waals surface area (Å²) in [6.45, 7) is 9.17. The van der Waals surface area contributed by atoms with Gasteiger partial charge in [0.05, 0.1) is 0 Å². The summed E-state index contributed by atoms with van der Waals surface area (Å²) in [4.78, 5) is 13.8. The quantitative estimate of drug-likeness (QED) is 0.768. The average Bonchev–Trinajstić information content (AvgIpc) is 2.70. The second-order valence-corrected chi connectivity index (χ2v) is 6.29. The number of alkyl carbamates (subject to hydrolysis) is 1. The van der Waals surface area contributed by atoms with Crippen LogP contribution in [-0.2, 0) is 4.74 Å². The van der Waals surface area contributed by atoms with E-state index in [0.717, 1.165) is 19.6 Å². The smallest absolute Gasteiger partial charge is 0.407 e. The van der Waals surface area contributed by atoms with Gasteiger partial charge in [-0.2, -0.15) is 0 Å². The minimum Gasteiger partial charge on any atom is -0.448 e. The maximum absolute atomic E-state index is 11.4. The average molecular weight is 250 g/mol. The van der Waals surface area contributed by atoms with Crippen LogP contribution in [0, 0.1) is 30.1 Å². The van der Waals surface area contributed by atoms with E-state index in [9.17, 15) is 4.79 Å². The Hall–Kier alpha value is -1.21. The molecule has 0 aromatic heterocycles. The molecule has 1 N–H and O–H groups in total. The number of fused-ring (bicyclic) bond motifs is 1. The van der Waals surface area contributed by atoms with Crippen molar-refractivity contribution in [1.29, 1.82) is 0 Å². The molecule has 2 unspecified atom stereocenters. The van der Waals surface area contributed by atoms with Crippen molar-refractivity contribution in [3.05, 3.63) is 0 Å². The summed E-state index contributed by atoms with van der Waals surface area (Å²) >= 11 is 0. The monoisotopic (exact) mass is 250 g/mol. The van der Waals surface area contributed by atoms with Gasteiger partial charge in [-0.3, -0.25) is 4.90 Å². The first-order valence-corrected chi connectivity index (χ1v) is 6.54. The number of nitrogens with one attached hydrogen (secondary N) is 1. The third kappa shape index (κ3) is 3.17. The molecule has 2 atom stereocenters. The molecule has 1 aliphatic carbocycles. The van der Waals surface area contributed by atoms with Gasteiger partial charge in [-0.1, -0.05) is 0 Å². The van der Waals surface area contributed by atoms with Crippen molar-refractivity contribution in [2.45, 2.75) is 26.3 Å². The second kappa shape index (κ2) is 4.81. The lowest BCUT2D eigenvalue weighted by molar-refractivity contribution is 0.122. The zero-order valence-corrected chi connectivity index (χ0v) is 11.4. The first-order chi connectivity index (χ1) is 8.40. The van der Waals surface area contributed by atoms with E-state index >= 15 is 0 Å². The molecule has 0 bridgehead atoms. The summed E-state index contributed by atoms with van der Waals surface area (Å²) in [5.74, 6) is 4.73. The van der Waals surface area contributed by atoms with E-state index in [1.165, 1.54) is 0 Å². The first-order valence-electron chi connectivity index (χ1n) is 6.54. The van der Waals surface area contributed by atoms with Crippen LogP contribution in [-0.4, -0.2) is 42.8 Å². The number of hydrogen-bond donors (Lipinski definition) is 1. The van der Waals surface area contributed by atoms with E-state index in [1.807, 2.05) is 20.8 Å². The van der Waals surface area contributed by atoms with Crippen LogP contribution in [0.4, 0.5) is 4.79 Å². The van der Waals surface area contributed by atoms with Gasteiger partial charge in [0.15, 0.2) is 0 Å². The van der Waals surface area contributed by atoms with Crippen molar-refractivity contribution in [2.24, 2.45) is 17.8 Å². The zero-order valence-electron chi connectivity index (χ0n) is 11.4. The number of carbonyl (C=O) groups excluding carboxylic acids is 1. The number of carbonyl (C=O) groups is 1. The standard InChI is InChI=1S/C14H22N2O2/c1-5-10-11-8-16(9-12(10)11)6-7-18-13(17)15-14(2,3)4/h1,10-12H,6-9H2,2-4H3,(H,15,17). The molecule has 2 fully saturated rings. The van der Waals surface area contributed by atoms with E-state index in [1.54, 1.807) is 0 Å². The molecule has 2 rings (SSSR count). The Kier molecular flexibility index (Phi) is 3.54. The minimum atomic E-state index is -0.339. The van der Waals surface area contributed by atoms with Crippen LogP contribution in [0.1, 0.15) is 20.8 Å². The van der Waals surface area contributed by atoms with E-state index in [2.05, 4.69) is 16.1 Å². The van der Waals surface area contributed by atoms with Gasteiger partial charge in [0.25, 0.3) is 0 Å². The summed E-state index contributed by atoms with van der Waals surface area (Å²) in [7, 11) is 0. The highest BCUT2D eigenvalue weighted by Crippen LogP contribution is 2.50. The molecule has 100 valence electrons. The van der Waals surface area contributed by atoms with Crippen LogP contribution in [0.15, 0.2) is 0 Å². The summed E-state index contributed by atoms with van der Waals surface area (Å²) in [6, 6.07) is 0. The molecule has 1 amide bonds. The third-order valence-corrected chi connectivity index (χ3v) is 3.58. The van der Waals surface area contributed by atoms with Gasteiger partial charge in [0, 0.05) is 31.1 Å². The second-order valence-electron chi connectivity index (χ2n) is 6.29. The largest absolute Gasteiger partial charge is 0.448 e. The Morgan fingerprint density at radius 1 is 1.44 bits per heavy atom. The maximum atomic E-state index is 11.4. The van der Waals surface area contributed by atoms with Gasteiger partial charge in [-0.15, -0.1) is 12.3 Å². The van der Waals surface area contributed by atoms with Crippen molar-refractivity contribution in [2.75, 3.05) is 26.2 Å². The Balaban J connectivity index is 1.58. The van der Waals surface area contributed by atoms with Crippen molar-refractivity contribution in [3.63, 3.8) is 0 Å². The zero-order chi connectivity index (χ0) is 13.3. The number of nitrogens with zero attached hydrogens (tertiary/aromatic N) is 1. The van der Waals surface area contributed by atoms with Crippen LogP contribution in [0.3, 0.4) is 0 Å². The molecular weight excluding hydrogens is 228 g/mol. The molecule has 2 aliphatic rings. The molecule has 0 spiro atoms. The normalized spacial score (nSPS) is 30.4. The lowest BCUT2D eigenvalue weighted by Gasteiger charge is -2.21. The van der Waals surface area contributed by atoms with Crippen LogP contribution in [0.2, 0.25) is 0 Å². The first kappa shape index (κ1) is 13.2. The van der Waals surface area contributed by atoms with Crippen LogP contribution in [0.25, 0.3) is 0 Å². The van der Waals surface area contributed by atoms with E-state index < -0.39 is 0 Å². The summed E-state index contributed by atoms with van der Waals surface area (Å²) in [5.41, 5.74) is -0.244. The van der Waals surface area contributed by atoms with Crippen LogP contribution >= 0.6 is 0 Å². The molecule has 4 heteroatoms. The number of terminal acetylenes is 1. The van der Waals surface area contributed by atoms with Gasteiger partial charge in [-0.05, 0) is 32.6 Å². The number of rotatable bonds is 3. The fourth-order valence-electron chi connectivity index (χ4n) is 2.65. The lowest BCUT2D eigenvalue weighted by Crippen LogP contribution is -2.41. The Morgan fingerprint density at radius 2 is 2.06 bits per heavy atom. The minimum absolute atomic E-state index is 0.244. The van der Waals surface area contributed by atoms with Gasteiger partial charge in [-0.25, -0.2) is 4.79 Å². The van der Waals surface area contributed by atoms with Crippen molar-refractivity contribution < 1.29 is 9.53 Å². The number of amides is 1. The Bertz CT molecular complexity index is 355. The van der Waals surface area contributed by atoms with Gasteiger partial charge >= 0.3 is 6.09 Å². The molecule has 0 radical (unpaired) electrons. The van der Waals surface area contributed by atoms with E-state index in [-0.39, 0.29) is 11.6 Å². The summed E-state index contributed by atoms with van der Waals surface area (Å²) in [5, 5.41) is 2.77. The molecule has 1 saturated carbocycles. The van der Waals surface area contributed by atoms with Gasteiger partial charge < -0.3 is 10.1 Å². The maximum Gasteiger partial charge on any atom is 0.407 e. The number of likely N-dealkylation sites (tertiary alicyclic amines) is 1. The summed E-state index contributed by atoms with van der Waals surface area (Å²) < 4.78 is 5.15. The van der Waals surface area contributed by atoms with Crippen molar-refractivity contribution in [3.8, 4) is 12.3 Å². The predicted molar refractivity (Wildman–Crippen MR) is 70.0 cm³/mol. The highest BCUT2D eigenvalue weighted by Gasteiger charge is 2.54. The molecule has 18 heavy (non-hydrogen) atoms. The van der Waals surface area contributed by atoms with Crippen molar-refractivity contribution >= 4 is 6.09 Å². The predicted octanol–water partition coefficient (Wildman–Crippen LogP) is 1.32. The highest BCUT2D eigenvalue weighted by atomic mass is 16.5. The number of ether oxygens (including phenoxy) is 1. The lowest BCUT2D eigenvalue weighted by atomic mass is 10.1. The SMILES string of the molecule is C#CC1C2CN(CCOC(=O)NC(C)(C)C)CC12. The molecule has 1 aliphatic heterocycles. The highest BCUT2D eigenvalue weighted by molar-refractivity contribution is 5.68. The molecule has 0 aromatic carbocycles. The van der Waals surface area contributed by atoms with Crippen molar-refractivity contribution in [1.82, 2.24) is 10.2 Å². The number of piperidine rings is 1. The van der Waals surface area contributed by atoms with E-state index in [0.29, 0.717) is 24.4 Å². The fourth-order valence-corrected chi connectivity index (χ4v) is 2.65.